The molecule has 0 aliphatic carbocycles. The number of benzene rings is 1. The number of aromatic amines is 1. The van der Waals surface area contributed by atoms with Gasteiger partial charge in [-0.1, -0.05) is 32.6 Å². The largest absolute Gasteiger partial charge is 0.399 e. The summed E-state index contributed by atoms with van der Waals surface area (Å²) < 4.78 is 0. The van der Waals surface area contributed by atoms with Crippen molar-refractivity contribution in [1.82, 2.24) is 15.5 Å². The molecule has 0 saturated heterocycles. The van der Waals surface area contributed by atoms with Crippen LogP contribution in [0.25, 0.3) is 10.9 Å². The molecule has 1 aromatic carbocycles. The number of amides is 1. The van der Waals surface area contributed by atoms with Crippen molar-refractivity contribution >= 4 is 22.5 Å². The maximum atomic E-state index is 12.3. The summed E-state index contributed by atoms with van der Waals surface area (Å²) in [5.74, 6) is -0.144. The van der Waals surface area contributed by atoms with E-state index in [0.29, 0.717) is 11.4 Å². The number of nitrogen functional groups attached to an aromatic ring is 1. The number of nitrogens with zero attached hydrogens (tertiary/aromatic N) is 1. The molecular formula is C16H24N4O. The van der Waals surface area contributed by atoms with Crippen molar-refractivity contribution in [2.45, 2.75) is 52.0 Å². The third-order valence-corrected chi connectivity index (χ3v) is 3.67. The van der Waals surface area contributed by atoms with E-state index < -0.39 is 0 Å². The van der Waals surface area contributed by atoms with Gasteiger partial charge in [0.15, 0.2) is 5.69 Å². The van der Waals surface area contributed by atoms with Crippen molar-refractivity contribution < 1.29 is 4.79 Å². The van der Waals surface area contributed by atoms with Crippen LogP contribution in [-0.4, -0.2) is 22.1 Å². The van der Waals surface area contributed by atoms with Crippen LogP contribution in [0.2, 0.25) is 0 Å². The molecule has 1 unspecified atom stereocenters. The zero-order valence-electron chi connectivity index (χ0n) is 12.8. The second-order valence-electron chi connectivity index (χ2n) is 5.60. The quantitative estimate of drug-likeness (QED) is 0.540. The lowest BCUT2D eigenvalue weighted by Gasteiger charge is -2.12. The molecule has 1 amide bonds. The Morgan fingerprint density at radius 3 is 2.95 bits per heavy atom. The summed E-state index contributed by atoms with van der Waals surface area (Å²) in [6.07, 6.45) is 5.84. The number of nitrogens with two attached hydrogens (primary N) is 1. The molecule has 114 valence electrons. The fraction of sp³-hybridized carbons (Fsp3) is 0.500. The molecule has 21 heavy (non-hydrogen) atoms. The summed E-state index contributed by atoms with van der Waals surface area (Å²) >= 11 is 0. The number of hydrogen-bond acceptors (Lipinski definition) is 3. The van der Waals surface area contributed by atoms with Crippen molar-refractivity contribution in [3.63, 3.8) is 0 Å². The van der Waals surface area contributed by atoms with Crippen molar-refractivity contribution in [2.75, 3.05) is 5.73 Å². The van der Waals surface area contributed by atoms with Gasteiger partial charge in [-0.2, -0.15) is 5.10 Å². The first kappa shape index (κ1) is 15.4. The Morgan fingerprint density at radius 1 is 1.38 bits per heavy atom. The van der Waals surface area contributed by atoms with Crippen molar-refractivity contribution in [3.8, 4) is 0 Å². The Bertz CT molecular complexity index is 605. The number of unbranched alkanes of at least 4 members (excludes halogenated alkanes) is 3. The number of hydrogen-bond donors (Lipinski definition) is 3. The molecule has 2 aromatic rings. The average Bonchev–Trinajstić information content (AvgIpc) is 2.86. The van der Waals surface area contributed by atoms with E-state index >= 15 is 0 Å². The zero-order valence-corrected chi connectivity index (χ0v) is 12.8. The molecule has 0 fully saturated rings. The highest BCUT2D eigenvalue weighted by Gasteiger charge is 2.16. The summed E-state index contributed by atoms with van der Waals surface area (Å²) in [6.45, 7) is 4.23. The van der Waals surface area contributed by atoms with Crippen LogP contribution in [0.4, 0.5) is 5.69 Å². The number of rotatable bonds is 7. The predicted molar refractivity (Wildman–Crippen MR) is 86.2 cm³/mol. The monoisotopic (exact) mass is 288 g/mol. The topological polar surface area (TPSA) is 83.8 Å². The Morgan fingerprint density at radius 2 is 2.19 bits per heavy atom. The molecule has 2 rings (SSSR count). The molecule has 1 aromatic heterocycles. The molecule has 0 aliphatic heterocycles. The summed E-state index contributed by atoms with van der Waals surface area (Å²) in [4.78, 5) is 12.3. The second-order valence-corrected chi connectivity index (χ2v) is 5.60. The van der Waals surface area contributed by atoms with Crippen LogP contribution in [0.5, 0.6) is 0 Å². The molecule has 0 aliphatic rings. The Balaban J connectivity index is 1.97. The third-order valence-electron chi connectivity index (χ3n) is 3.67. The Kier molecular flexibility index (Phi) is 5.20. The highest BCUT2D eigenvalue weighted by Crippen LogP contribution is 2.19. The van der Waals surface area contributed by atoms with Crippen LogP contribution < -0.4 is 11.1 Å². The van der Waals surface area contributed by atoms with E-state index in [1.54, 1.807) is 12.1 Å². The van der Waals surface area contributed by atoms with Crippen LogP contribution in [0.3, 0.4) is 0 Å². The molecule has 5 heteroatoms. The van der Waals surface area contributed by atoms with E-state index in [4.69, 9.17) is 5.73 Å². The van der Waals surface area contributed by atoms with E-state index in [0.717, 1.165) is 23.7 Å². The molecule has 0 spiro atoms. The van der Waals surface area contributed by atoms with Gasteiger partial charge in [-0.3, -0.25) is 9.89 Å². The van der Waals surface area contributed by atoms with Gasteiger partial charge in [0.05, 0.1) is 5.52 Å². The first-order valence-electron chi connectivity index (χ1n) is 7.66. The second kappa shape index (κ2) is 7.11. The molecule has 4 N–H and O–H groups in total. The summed E-state index contributed by atoms with van der Waals surface area (Å²) in [5.41, 5.74) is 7.64. The highest BCUT2D eigenvalue weighted by molar-refractivity contribution is 6.05. The van der Waals surface area contributed by atoms with Gasteiger partial charge in [-0.05, 0) is 31.5 Å². The van der Waals surface area contributed by atoms with Gasteiger partial charge < -0.3 is 11.1 Å². The van der Waals surface area contributed by atoms with Crippen LogP contribution in [-0.2, 0) is 0 Å². The van der Waals surface area contributed by atoms with Gasteiger partial charge in [0, 0.05) is 17.1 Å². The standard InChI is InChI=1S/C16H24N4O/c1-3-4-5-6-7-11(2)18-16(21)15-13-10-12(17)8-9-14(13)19-20-15/h8-11H,3-7,17H2,1-2H3,(H,18,21)(H,19,20). The number of carbonyl (C=O) groups is 1. The van der Waals surface area contributed by atoms with E-state index in [1.165, 1.54) is 19.3 Å². The lowest BCUT2D eigenvalue weighted by Crippen LogP contribution is -2.32. The smallest absolute Gasteiger partial charge is 0.272 e. The first-order chi connectivity index (χ1) is 10.1. The van der Waals surface area contributed by atoms with Gasteiger partial charge in [0.25, 0.3) is 5.91 Å². The number of nitrogens with one attached hydrogen (secondary N) is 2. The van der Waals surface area contributed by atoms with Crippen molar-refractivity contribution in [2.24, 2.45) is 0 Å². The van der Waals surface area contributed by atoms with Crippen LogP contribution in [0.1, 0.15) is 56.4 Å². The number of H-pyrrole nitrogens is 1. The lowest BCUT2D eigenvalue weighted by atomic mass is 10.1. The van der Waals surface area contributed by atoms with Gasteiger partial charge >= 0.3 is 0 Å². The fourth-order valence-corrected chi connectivity index (χ4v) is 2.45. The van der Waals surface area contributed by atoms with Crippen molar-refractivity contribution in [3.05, 3.63) is 23.9 Å². The zero-order chi connectivity index (χ0) is 15.2. The average molecular weight is 288 g/mol. The highest BCUT2D eigenvalue weighted by atomic mass is 16.2. The molecule has 5 nitrogen and oxygen atoms in total. The molecule has 0 bridgehead atoms. The summed E-state index contributed by atoms with van der Waals surface area (Å²) in [6, 6.07) is 5.56. The van der Waals surface area contributed by atoms with Crippen LogP contribution >= 0.6 is 0 Å². The number of aromatic nitrogens is 2. The minimum atomic E-state index is -0.144. The lowest BCUT2D eigenvalue weighted by molar-refractivity contribution is 0.0934. The normalized spacial score (nSPS) is 12.5. The summed E-state index contributed by atoms with van der Waals surface area (Å²) in [7, 11) is 0. The fourth-order valence-electron chi connectivity index (χ4n) is 2.45. The summed E-state index contributed by atoms with van der Waals surface area (Å²) in [5, 5.41) is 10.7. The van der Waals surface area contributed by atoms with E-state index in [2.05, 4.69) is 22.4 Å². The van der Waals surface area contributed by atoms with Gasteiger partial charge in [-0.15, -0.1) is 0 Å². The third kappa shape index (κ3) is 3.97. The van der Waals surface area contributed by atoms with Gasteiger partial charge in [-0.25, -0.2) is 0 Å². The van der Waals surface area contributed by atoms with E-state index in [9.17, 15) is 4.79 Å². The molecule has 1 heterocycles. The Hall–Kier alpha value is -2.04. The predicted octanol–water partition coefficient (Wildman–Crippen LogP) is 3.23. The van der Waals surface area contributed by atoms with Crippen LogP contribution in [0, 0.1) is 0 Å². The first-order valence-corrected chi connectivity index (χ1v) is 7.66. The SMILES string of the molecule is CCCCCCC(C)NC(=O)c1n[nH]c2ccc(N)cc12. The number of anilines is 1. The molecular weight excluding hydrogens is 264 g/mol. The van der Waals surface area contributed by atoms with Crippen molar-refractivity contribution in [1.29, 1.82) is 0 Å². The maximum absolute atomic E-state index is 12.3. The van der Waals surface area contributed by atoms with E-state index in [-0.39, 0.29) is 11.9 Å². The maximum Gasteiger partial charge on any atom is 0.272 e. The molecule has 1 atom stereocenters. The molecule has 0 radical (unpaired) electrons. The van der Waals surface area contributed by atoms with Crippen LogP contribution in [0.15, 0.2) is 18.2 Å². The number of carbonyl (C=O) groups excluding carboxylic acids is 1. The Labute approximate surface area is 125 Å². The minimum absolute atomic E-state index is 0.144. The van der Waals surface area contributed by atoms with E-state index in [1.807, 2.05) is 13.0 Å². The van der Waals surface area contributed by atoms with Gasteiger partial charge in [0.1, 0.15) is 0 Å². The van der Waals surface area contributed by atoms with Gasteiger partial charge in [0.2, 0.25) is 0 Å². The number of fused-ring (bicyclic) bond motifs is 1. The molecule has 0 saturated carbocycles. The minimum Gasteiger partial charge on any atom is -0.399 e.